The van der Waals surface area contributed by atoms with E-state index in [2.05, 4.69) is 0 Å². The van der Waals surface area contributed by atoms with Crippen molar-refractivity contribution in [2.24, 2.45) is 0 Å². The van der Waals surface area contributed by atoms with Gasteiger partial charge in [0, 0.05) is 0 Å². The van der Waals surface area contributed by atoms with Crippen molar-refractivity contribution in [3.8, 4) is 0 Å². The number of aryl methyl sites for hydroxylation is 2. The monoisotopic (exact) mass is 598 g/mol. The van der Waals surface area contributed by atoms with Crippen LogP contribution < -0.4 is 0 Å². The number of benzene rings is 3. The van der Waals surface area contributed by atoms with E-state index >= 15 is 0 Å². The van der Waals surface area contributed by atoms with Crippen LogP contribution in [0.1, 0.15) is 45.2 Å². The molecule has 3 aromatic carbocycles. The topological polar surface area (TPSA) is 96.0 Å². The Balaban J connectivity index is 1.89. The smallest absolute Gasteiger partial charge is 0.338 e. The molecule has 0 bridgehead atoms. The van der Waals surface area contributed by atoms with Gasteiger partial charge in [-0.25, -0.2) is 9.59 Å². The van der Waals surface area contributed by atoms with Crippen LogP contribution in [0.15, 0.2) is 65.6 Å². The van der Waals surface area contributed by atoms with Gasteiger partial charge in [0.05, 0.1) is 26.2 Å². The normalized spacial score (nSPS) is 13.0. The number of esters is 2. The molecule has 3 aromatic rings. The third kappa shape index (κ3) is 7.71. The molecule has 0 aliphatic heterocycles. The van der Waals surface area contributed by atoms with Crippen LogP contribution in [0.3, 0.4) is 0 Å². The lowest BCUT2D eigenvalue weighted by molar-refractivity contribution is -0.0328. The molecule has 0 aliphatic rings. The summed E-state index contributed by atoms with van der Waals surface area (Å²) in [5.41, 5.74) is 2.41. The molecule has 0 saturated heterocycles. The quantitative estimate of drug-likeness (QED) is 0.143. The van der Waals surface area contributed by atoms with Gasteiger partial charge in [0.25, 0.3) is 10.1 Å². The van der Waals surface area contributed by atoms with Crippen LogP contribution in [0.5, 0.6) is 0 Å². The summed E-state index contributed by atoms with van der Waals surface area (Å²) in [6.45, 7) is 4.87. The number of halogens is 3. The number of hydrogen-bond acceptors (Lipinski definition) is 7. The van der Waals surface area contributed by atoms with Crippen molar-refractivity contribution >= 4 is 56.9 Å². The molecule has 11 heteroatoms. The molecule has 0 fully saturated rings. The molecular formula is C27H25Cl3O7S. The van der Waals surface area contributed by atoms with Gasteiger partial charge in [-0.1, -0.05) is 77.1 Å². The van der Waals surface area contributed by atoms with Gasteiger partial charge in [0.15, 0.2) is 0 Å². The van der Waals surface area contributed by atoms with Crippen molar-refractivity contribution in [3.63, 3.8) is 0 Å². The van der Waals surface area contributed by atoms with E-state index in [0.29, 0.717) is 0 Å². The summed E-state index contributed by atoms with van der Waals surface area (Å²) in [4.78, 5) is 25.0. The summed E-state index contributed by atoms with van der Waals surface area (Å²) in [7, 11) is -4.57. The number of ether oxygens (including phenoxy) is 2. The first kappa shape index (κ1) is 29.9. The standard InChI is InChI=1S/C27H25Cl3O7S/c1-4-23(36-27(32)19-11-7-17(3)8-12-19)24(15-35-26(31)18-9-5-16(2)6-10-18)37-38(33,34)25-14-21(29)20(28)13-22(25)30/h5-14,23-24H,4,15H2,1-3H3. The van der Waals surface area contributed by atoms with Gasteiger partial charge in [0.2, 0.25) is 0 Å². The minimum Gasteiger partial charge on any atom is -0.459 e. The summed E-state index contributed by atoms with van der Waals surface area (Å²) in [6.07, 6.45) is -2.36. The summed E-state index contributed by atoms with van der Waals surface area (Å²) in [5, 5.41) is -0.226. The molecule has 2 atom stereocenters. The largest absolute Gasteiger partial charge is 0.459 e. The van der Waals surface area contributed by atoms with Crippen LogP contribution in [0.4, 0.5) is 0 Å². The Bertz CT molecular complexity index is 1410. The fourth-order valence-corrected chi connectivity index (χ4v) is 5.42. The Hall–Kier alpha value is -2.62. The van der Waals surface area contributed by atoms with Gasteiger partial charge in [-0.3, -0.25) is 4.18 Å². The van der Waals surface area contributed by atoms with Gasteiger partial charge in [-0.2, -0.15) is 8.42 Å². The third-order valence-electron chi connectivity index (χ3n) is 5.52. The van der Waals surface area contributed by atoms with Crippen LogP contribution in [-0.2, 0) is 23.8 Å². The van der Waals surface area contributed by atoms with Crippen LogP contribution >= 0.6 is 34.8 Å². The fourth-order valence-electron chi connectivity index (χ4n) is 3.36. The van der Waals surface area contributed by atoms with E-state index < -0.39 is 45.8 Å². The summed E-state index contributed by atoms with van der Waals surface area (Å²) in [5.74, 6) is -1.40. The van der Waals surface area contributed by atoms with E-state index in [1.165, 1.54) is 6.07 Å². The molecule has 2 unspecified atom stereocenters. The predicted molar refractivity (Wildman–Crippen MR) is 146 cm³/mol. The van der Waals surface area contributed by atoms with Crippen LogP contribution in [0.2, 0.25) is 15.1 Å². The highest BCUT2D eigenvalue weighted by molar-refractivity contribution is 7.87. The zero-order valence-corrected chi connectivity index (χ0v) is 23.8. The second-order valence-corrected chi connectivity index (χ2v) is 11.2. The van der Waals surface area contributed by atoms with Crippen LogP contribution in [0.25, 0.3) is 0 Å². The van der Waals surface area contributed by atoms with Crippen molar-refractivity contribution in [1.82, 2.24) is 0 Å². The number of carbonyl (C=O) groups excluding carboxylic acids is 2. The molecule has 0 spiro atoms. The molecule has 0 aliphatic carbocycles. The lowest BCUT2D eigenvalue weighted by Gasteiger charge is -2.26. The molecule has 0 heterocycles. The number of rotatable bonds is 10. The second kappa shape index (κ2) is 13.0. The number of carbonyl (C=O) groups is 2. The average molecular weight is 600 g/mol. The SMILES string of the molecule is CCC(OC(=O)c1ccc(C)cc1)C(COC(=O)c1ccc(C)cc1)OS(=O)(=O)c1cc(Cl)c(Cl)cc1Cl. The molecule has 7 nitrogen and oxygen atoms in total. The summed E-state index contributed by atoms with van der Waals surface area (Å²) >= 11 is 18.0. The molecule has 3 rings (SSSR count). The van der Waals surface area contributed by atoms with Crippen molar-refractivity contribution in [1.29, 1.82) is 0 Å². The highest BCUT2D eigenvalue weighted by Gasteiger charge is 2.33. The Morgan fingerprint density at radius 1 is 0.763 bits per heavy atom. The van der Waals surface area contributed by atoms with Crippen LogP contribution in [-0.4, -0.2) is 39.2 Å². The molecule has 202 valence electrons. The molecule has 0 saturated carbocycles. The Morgan fingerprint density at radius 3 is 1.79 bits per heavy atom. The van der Waals surface area contributed by atoms with E-state index in [9.17, 15) is 18.0 Å². The number of hydrogen-bond donors (Lipinski definition) is 0. The van der Waals surface area contributed by atoms with E-state index in [4.69, 9.17) is 48.5 Å². The molecule has 0 amide bonds. The predicted octanol–water partition coefficient (Wildman–Crippen LogP) is 6.83. The lowest BCUT2D eigenvalue weighted by Crippen LogP contribution is -2.39. The van der Waals surface area contributed by atoms with E-state index in [-0.39, 0.29) is 32.6 Å². The summed E-state index contributed by atoms with van der Waals surface area (Å²) < 4.78 is 42.8. The molecule has 38 heavy (non-hydrogen) atoms. The highest BCUT2D eigenvalue weighted by Crippen LogP contribution is 2.33. The zero-order valence-electron chi connectivity index (χ0n) is 20.7. The van der Waals surface area contributed by atoms with Crippen molar-refractivity contribution in [3.05, 3.63) is 98.0 Å². The van der Waals surface area contributed by atoms with E-state index in [1.54, 1.807) is 55.5 Å². The molecular weight excluding hydrogens is 575 g/mol. The lowest BCUT2D eigenvalue weighted by atomic mass is 10.1. The van der Waals surface area contributed by atoms with Crippen molar-refractivity contribution < 1.29 is 31.7 Å². The average Bonchev–Trinajstić information content (AvgIpc) is 2.87. The van der Waals surface area contributed by atoms with Gasteiger partial charge in [-0.15, -0.1) is 0 Å². The summed E-state index contributed by atoms with van der Waals surface area (Å²) in [6, 6.07) is 15.5. The van der Waals surface area contributed by atoms with Gasteiger partial charge in [-0.05, 0) is 56.7 Å². The first-order chi connectivity index (χ1) is 17.9. The van der Waals surface area contributed by atoms with E-state index in [1.807, 2.05) is 13.8 Å². The van der Waals surface area contributed by atoms with E-state index in [0.717, 1.165) is 17.2 Å². The minimum atomic E-state index is -4.57. The first-order valence-corrected chi connectivity index (χ1v) is 14.0. The Labute approximate surface area is 236 Å². The van der Waals surface area contributed by atoms with Gasteiger partial charge < -0.3 is 9.47 Å². The second-order valence-electron chi connectivity index (χ2n) is 8.47. The molecule has 0 aromatic heterocycles. The maximum Gasteiger partial charge on any atom is 0.338 e. The Morgan fingerprint density at radius 2 is 1.26 bits per heavy atom. The van der Waals surface area contributed by atoms with Gasteiger partial charge >= 0.3 is 11.9 Å². The van der Waals surface area contributed by atoms with Crippen molar-refractivity contribution in [2.75, 3.05) is 6.61 Å². The minimum absolute atomic E-state index is 0.0534. The Kier molecular flexibility index (Phi) is 10.2. The maximum absolute atomic E-state index is 13.2. The fraction of sp³-hybridized carbons (Fsp3) is 0.259. The third-order valence-corrected chi connectivity index (χ3v) is 8.05. The highest BCUT2D eigenvalue weighted by atomic mass is 35.5. The first-order valence-electron chi connectivity index (χ1n) is 11.5. The maximum atomic E-state index is 13.2. The van der Waals surface area contributed by atoms with Crippen molar-refractivity contribution in [2.45, 2.75) is 44.3 Å². The van der Waals surface area contributed by atoms with Gasteiger partial charge in [0.1, 0.15) is 23.7 Å². The zero-order chi connectivity index (χ0) is 28.0. The molecule has 0 radical (unpaired) electrons. The van der Waals surface area contributed by atoms with Crippen LogP contribution in [0, 0.1) is 13.8 Å². The molecule has 0 N–H and O–H groups in total.